The normalized spacial score (nSPS) is 15.9. The summed E-state index contributed by atoms with van der Waals surface area (Å²) in [5.74, 6) is -0.834. The number of nitrogens with zero attached hydrogens (tertiary/aromatic N) is 1. The molecule has 4 nitrogen and oxygen atoms in total. The van der Waals surface area contributed by atoms with Gasteiger partial charge in [0.15, 0.2) is 6.73 Å². The van der Waals surface area contributed by atoms with Gasteiger partial charge in [-0.3, -0.25) is 0 Å². The Labute approximate surface area is 93.8 Å². The fraction of sp³-hybridized carbons (Fsp3) is 0.250. The van der Waals surface area contributed by atoms with Gasteiger partial charge in [-0.25, -0.2) is 4.79 Å². The second kappa shape index (κ2) is 4.70. The van der Waals surface area contributed by atoms with Crippen LogP contribution in [0.15, 0.2) is 42.8 Å². The van der Waals surface area contributed by atoms with E-state index in [2.05, 4.69) is 0 Å². The fourth-order valence-corrected chi connectivity index (χ4v) is 1.67. The summed E-state index contributed by atoms with van der Waals surface area (Å²) in [7, 11) is 0. The zero-order chi connectivity index (χ0) is 11.4. The van der Waals surface area contributed by atoms with E-state index in [9.17, 15) is 4.79 Å². The summed E-state index contributed by atoms with van der Waals surface area (Å²) >= 11 is 0. The minimum absolute atomic E-state index is 0.309. The van der Waals surface area contributed by atoms with Crippen LogP contribution < -0.4 is 0 Å². The summed E-state index contributed by atoms with van der Waals surface area (Å²) in [6.45, 7) is 0.309. The lowest BCUT2D eigenvalue weighted by atomic mass is 10.1. The molecular formula is C12H13NO3. The molecule has 1 unspecified atom stereocenters. The molecular weight excluding hydrogens is 206 g/mol. The quantitative estimate of drug-likeness (QED) is 0.832. The van der Waals surface area contributed by atoms with E-state index in [1.807, 2.05) is 30.3 Å². The van der Waals surface area contributed by atoms with Crippen molar-refractivity contribution >= 4 is 5.97 Å². The van der Waals surface area contributed by atoms with Crippen LogP contribution in [0.4, 0.5) is 0 Å². The maximum Gasteiger partial charge on any atom is 0.326 e. The predicted molar refractivity (Wildman–Crippen MR) is 58.5 cm³/mol. The zero-order valence-electron chi connectivity index (χ0n) is 8.74. The first-order valence-corrected chi connectivity index (χ1v) is 5.08. The van der Waals surface area contributed by atoms with Crippen LogP contribution in [0.5, 0.6) is 0 Å². The number of hydrogen-bond acceptors (Lipinski definition) is 3. The molecule has 1 heterocycles. The third-order valence-corrected chi connectivity index (χ3v) is 2.53. The molecule has 1 aliphatic heterocycles. The lowest BCUT2D eigenvalue weighted by Gasteiger charge is -2.22. The average molecular weight is 219 g/mol. The predicted octanol–water partition coefficient (Wildman–Crippen LogP) is 1.44. The van der Waals surface area contributed by atoms with E-state index in [1.165, 1.54) is 6.26 Å². The fourth-order valence-electron chi connectivity index (χ4n) is 1.67. The number of ether oxygens (including phenoxy) is 1. The molecule has 1 N–H and O–H groups in total. The second-order valence-corrected chi connectivity index (χ2v) is 3.64. The van der Waals surface area contributed by atoms with E-state index in [4.69, 9.17) is 9.84 Å². The van der Waals surface area contributed by atoms with Crippen molar-refractivity contribution in [2.75, 3.05) is 6.73 Å². The van der Waals surface area contributed by atoms with Crippen LogP contribution in [0.2, 0.25) is 0 Å². The van der Waals surface area contributed by atoms with Gasteiger partial charge in [-0.1, -0.05) is 30.3 Å². The van der Waals surface area contributed by atoms with Crippen LogP contribution in [0.1, 0.15) is 5.56 Å². The topological polar surface area (TPSA) is 49.8 Å². The molecule has 4 heteroatoms. The van der Waals surface area contributed by atoms with E-state index in [0.717, 1.165) is 5.56 Å². The molecule has 0 saturated heterocycles. The molecule has 0 bridgehead atoms. The molecule has 0 saturated carbocycles. The molecule has 1 atom stereocenters. The van der Waals surface area contributed by atoms with Crippen molar-refractivity contribution in [1.82, 2.24) is 4.90 Å². The Bertz CT molecular complexity index is 389. The van der Waals surface area contributed by atoms with Gasteiger partial charge in [-0.2, -0.15) is 0 Å². The zero-order valence-corrected chi connectivity index (χ0v) is 8.74. The summed E-state index contributed by atoms with van der Waals surface area (Å²) in [5.41, 5.74) is 1.01. The molecule has 0 aromatic heterocycles. The Kier molecular flexibility index (Phi) is 3.10. The van der Waals surface area contributed by atoms with E-state index in [-0.39, 0.29) is 0 Å². The highest BCUT2D eigenvalue weighted by Crippen LogP contribution is 2.13. The Balaban J connectivity index is 2.09. The second-order valence-electron chi connectivity index (χ2n) is 3.64. The summed E-state index contributed by atoms with van der Waals surface area (Å²) in [6.07, 6.45) is 3.66. The minimum Gasteiger partial charge on any atom is -0.480 e. The van der Waals surface area contributed by atoms with Crippen molar-refractivity contribution in [1.29, 1.82) is 0 Å². The number of hydrogen-bond donors (Lipinski definition) is 1. The van der Waals surface area contributed by atoms with Crippen LogP contribution in [0.3, 0.4) is 0 Å². The van der Waals surface area contributed by atoms with Gasteiger partial charge in [0.05, 0.1) is 0 Å². The molecule has 0 radical (unpaired) electrons. The Morgan fingerprint density at radius 1 is 1.44 bits per heavy atom. The van der Waals surface area contributed by atoms with Crippen LogP contribution in [-0.4, -0.2) is 28.7 Å². The highest BCUT2D eigenvalue weighted by molar-refractivity contribution is 5.74. The first-order valence-electron chi connectivity index (χ1n) is 5.08. The maximum absolute atomic E-state index is 11.2. The Morgan fingerprint density at radius 2 is 2.19 bits per heavy atom. The number of benzene rings is 1. The number of carboxylic acids is 1. The van der Waals surface area contributed by atoms with Crippen molar-refractivity contribution in [3.05, 3.63) is 48.4 Å². The van der Waals surface area contributed by atoms with E-state index >= 15 is 0 Å². The molecule has 0 aliphatic carbocycles. The van der Waals surface area contributed by atoms with Crippen molar-refractivity contribution in [2.24, 2.45) is 0 Å². The largest absolute Gasteiger partial charge is 0.480 e. The number of aliphatic carboxylic acids is 1. The van der Waals surface area contributed by atoms with Crippen LogP contribution >= 0.6 is 0 Å². The standard InChI is InChI=1S/C12H13NO3/c14-12(15)11(13-6-7-16-9-13)8-10-4-2-1-3-5-10/h1-7,11H,8-9H2,(H,14,15). The average Bonchev–Trinajstić information content (AvgIpc) is 2.80. The van der Waals surface area contributed by atoms with Gasteiger partial charge < -0.3 is 14.7 Å². The van der Waals surface area contributed by atoms with Gasteiger partial charge in [-0.05, 0) is 5.56 Å². The lowest BCUT2D eigenvalue weighted by Crippen LogP contribution is -2.38. The lowest BCUT2D eigenvalue weighted by molar-refractivity contribution is -0.142. The van der Waals surface area contributed by atoms with Gasteiger partial charge in [0.2, 0.25) is 0 Å². The first kappa shape index (κ1) is 10.5. The van der Waals surface area contributed by atoms with Gasteiger partial charge in [0, 0.05) is 12.6 Å². The van der Waals surface area contributed by atoms with Crippen LogP contribution in [0, 0.1) is 0 Å². The summed E-state index contributed by atoms with van der Waals surface area (Å²) < 4.78 is 5.01. The maximum atomic E-state index is 11.2. The summed E-state index contributed by atoms with van der Waals surface area (Å²) in [6, 6.07) is 9.02. The molecule has 16 heavy (non-hydrogen) atoms. The number of rotatable bonds is 4. The van der Waals surface area contributed by atoms with Gasteiger partial charge >= 0.3 is 5.97 Å². The first-order chi connectivity index (χ1) is 7.77. The summed E-state index contributed by atoms with van der Waals surface area (Å²) in [5, 5.41) is 9.16. The number of carboxylic acid groups (broad SMARTS) is 1. The smallest absolute Gasteiger partial charge is 0.326 e. The SMILES string of the molecule is O=C(O)C(Cc1ccccc1)N1C=COC1. The van der Waals surface area contributed by atoms with Gasteiger partial charge in [0.25, 0.3) is 0 Å². The van der Waals surface area contributed by atoms with Crippen LogP contribution in [0.25, 0.3) is 0 Å². The van der Waals surface area contributed by atoms with E-state index < -0.39 is 12.0 Å². The molecule has 0 fully saturated rings. The summed E-state index contributed by atoms with van der Waals surface area (Å²) in [4.78, 5) is 12.8. The Morgan fingerprint density at radius 3 is 2.75 bits per heavy atom. The third kappa shape index (κ3) is 2.34. The highest BCUT2D eigenvalue weighted by Gasteiger charge is 2.25. The van der Waals surface area contributed by atoms with E-state index in [1.54, 1.807) is 11.1 Å². The molecule has 84 valence electrons. The Hall–Kier alpha value is -1.97. The monoisotopic (exact) mass is 219 g/mol. The molecule has 1 aromatic carbocycles. The molecule has 0 spiro atoms. The third-order valence-electron chi connectivity index (χ3n) is 2.53. The van der Waals surface area contributed by atoms with Crippen molar-refractivity contribution < 1.29 is 14.6 Å². The molecule has 1 aliphatic rings. The van der Waals surface area contributed by atoms with Crippen molar-refractivity contribution in [2.45, 2.75) is 12.5 Å². The van der Waals surface area contributed by atoms with Gasteiger partial charge in [0.1, 0.15) is 12.3 Å². The minimum atomic E-state index is -0.834. The molecule has 2 rings (SSSR count). The van der Waals surface area contributed by atoms with Gasteiger partial charge in [-0.15, -0.1) is 0 Å². The van der Waals surface area contributed by atoms with Crippen LogP contribution in [-0.2, 0) is 16.0 Å². The van der Waals surface area contributed by atoms with Crippen molar-refractivity contribution in [3.8, 4) is 0 Å². The molecule has 1 aromatic rings. The van der Waals surface area contributed by atoms with Crippen molar-refractivity contribution in [3.63, 3.8) is 0 Å². The van der Waals surface area contributed by atoms with E-state index in [0.29, 0.717) is 13.2 Å². The molecule has 0 amide bonds. The number of carbonyl (C=O) groups is 1. The highest BCUT2D eigenvalue weighted by atomic mass is 16.5.